The Morgan fingerprint density at radius 3 is 2.44 bits per heavy atom. The summed E-state index contributed by atoms with van der Waals surface area (Å²) in [5.74, 6) is 1.41. The average molecular weight is 464 g/mol. The van der Waals surface area contributed by atoms with Gasteiger partial charge in [0.15, 0.2) is 0 Å². The molecule has 1 amide bonds. The Hall–Kier alpha value is -2.60. The van der Waals surface area contributed by atoms with Crippen molar-refractivity contribution in [3.63, 3.8) is 0 Å². The zero-order valence-corrected chi connectivity index (χ0v) is 21.1. The number of aromatic nitrogens is 1. The Balaban J connectivity index is 1.57. The molecule has 2 bridgehead atoms. The SMILES string of the molecule is CC(C)(C)Oc1cc(-c2ccc3c(c2)CC(C)(C)[C@@]3(OC(N)=O)C2CN3CCC2CC3)ccn1. The highest BCUT2D eigenvalue weighted by Crippen LogP contribution is 2.60. The number of nitrogens with zero attached hydrogens (tertiary/aromatic N) is 2. The highest BCUT2D eigenvalue weighted by Gasteiger charge is 2.62. The van der Waals surface area contributed by atoms with Gasteiger partial charge >= 0.3 is 6.09 Å². The normalized spacial score (nSPS) is 29.5. The Bertz CT molecular complexity index is 1100. The molecule has 2 atom stereocenters. The molecule has 6 heteroatoms. The molecule has 3 saturated heterocycles. The molecule has 3 aliphatic heterocycles. The van der Waals surface area contributed by atoms with E-state index >= 15 is 0 Å². The second-order valence-electron chi connectivity index (χ2n) is 11.9. The number of fused-ring (bicyclic) bond motifs is 4. The first-order valence-electron chi connectivity index (χ1n) is 12.5. The molecule has 1 aliphatic carbocycles. The molecule has 4 aliphatic rings. The third-order valence-electron chi connectivity index (χ3n) is 8.06. The number of piperidine rings is 3. The number of ether oxygens (including phenoxy) is 2. The number of hydrogen-bond donors (Lipinski definition) is 1. The van der Waals surface area contributed by atoms with Gasteiger partial charge in [-0.25, -0.2) is 9.78 Å². The number of rotatable bonds is 4. The van der Waals surface area contributed by atoms with Crippen LogP contribution in [-0.2, 0) is 16.8 Å². The third kappa shape index (κ3) is 3.86. The molecule has 1 aromatic carbocycles. The first kappa shape index (κ1) is 23.2. The summed E-state index contributed by atoms with van der Waals surface area (Å²) < 4.78 is 12.2. The summed E-state index contributed by atoms with van der Waals surface area (Å²) in [5.41, 5.74) is 8.98. The molecular weight excluding hydrogens is 426 g/mol. The van der Waals surface area contributed by atoms with Crippen molar-refractivity contribution >= 4 is 6.09 Å². The predicted octanol–water partition coefficient (Wildman–Crippen LogP) is 5.14. The Morgan fingerprint density at radius 2 is 1.82 bits per heavy atom. The molecule has 2 aromatic rings. The maximum absolute atomic E-state index is 12.3. The molecule has 1 unspecified atom stereocenters. The minimum Gasteiger partial charge on any atom is -0.472 e. The average Bonchev–Trinajstić information content (AvgIpc) is 2.99. The summed E-state index contributed by atoms with van der Waals surface area (Å²) >= 11 is 0. The van der Waals surface area contributed by atoms with Crippen molar-refractivity contribution in [2.75, 3.05) is 19.6 Å². The second kappa shape index (κ2) is 7.98. The van der Waals surface area contributed by atoms with Crippen molar-refractivity contribution in [3.8, 4) is 17.0 Å². The van der Waals surface area contributed by atoms with Crippen LogP contribution in [0.2, 0.25) is 0 Å². The van der Waals surface area contributed by atoms with Crippen LogP contribution in [0.15, 0.2) is 36.5 Å². The summed E-state index contributed by atoms with van der Waals surface area (Å²) in [6.07, 6.45) is 4.27. The summed E-state index contributed by atoms with van der Waals surface area (Å²) in [6.45, 7) is 13.8. The molecule has 3 fully saturated rings. The van der Waals surface area contributed by atoms with Crippen molar-refractivity contribution in [2.45, 2.75) is 65.1 Å². The van der Waals surface area contributed by atoms with Crippen molar-refractivity contribution in [1.82, 2.24) is 9.88 Å². The van der Waals surface area contributed by atoms with Gasteiger partial charge in [-0.05, 0) is 87.4 Å². The van der Waals surface area contributed by atoms with Crippen LogP contribution < -0.4 is 10.5 Å². The first-order chi connectivity index (χ1) is 16.0. The lowest BCUT2D eigenvalue weighted by Gasteiger charge is -2.55. The van der Waals surface area contributed by atoms with Gasteiger partial charge in [0.25, 0.3) is 0 Å². The van der Waals surface area contributed by atoms with Gasteiger partial charge in [-0.1, -0.05) is 32.0 Å². The molecule has 1 aromatic heterocycles. The zero-order chi connectivity index (χ0) is 24.3. The van der Waals surface area contributed by atoms with Gasteiger partial charge in [0, 0.05) is 30.1 Å². The fourth-order valence-corrected chi connectivity index (χ4v) is 6.77. The molecule has 0 spiro atoms. The van der Waals surface area contributed by atoms with E-state index in [9.17, 15) is 4.79 Å². The van der Waals surface area contributed by atoms with Crippen molar-refractivity contribution in [1.29, 1.82) is 0 Å². The van der Waals surface area contributed by atoms with Crippen LogP contribution in [0.4, 0.5) is 4.79 Å². The number of hydrogen-bond acceptors (Lipinski definition) is 5. The van der Waals surface area contributed by atoms with Gasteiger partial charge in [0.05, 0.1) is 0 Å². The lowest BCUT2D eigenvalue weighted by molar-refractivity contribution is -0.157. The number of carbonyl (C=O) groups is 1. The molecule has 0 radical (unpaired) electrons. The van der Waals surface area contributed by atoms with E-state index in [1.54, 1.807) is 6.20 Å². The Morgan fingerprint density at radius 1 is 1.12 bits per heavy atom. The van der Waals surface area contributed by atoms with Gasteiger partial charge < -0.3 is 20.1 Å². The summed E-state index contributed by atoms with van der Waals surface area (Å²) in [7, 11) is 0. The number of benzene rings is 1. The summed E-state index contributed by atoms with van der Waals surface area (Å²) in [4.78, 5) is 19.2. The monoisotopic (exact) mass is 463 g/mol. The fourth-order valence-electron chi connectivity index (χ4n) is 6.77. The predicted molar refractivity (Wildman–Crippen MR) is 133 cm³/mol. The molecule has 2 N–H and O–H groups in total. The Kier molecular flexibility index (Phi) is 5.43. The fraction of sp³-hybridized carbons (Fsp3) is 0.571. The lowest BCUT2D eigenvalue weighted by Crippen LogP contribution is -2.60. The topological polar surface area (TPSA) is 77.7 Å². The molecule has 0 saturated carbocycles. The van der Waals surface area contributed by atoms with Crippen molar-refractivity contribution in [2.24, 2.45) is 23.0 Å². The molecule has 6 nitrogen and oxygen atoms in total. The minimum atomic E-state index is -0.713. The highest BCUT2D eigenvalue weighted by atomic mass is 16.6. The minimum absolute atomic E-state index is 0.248. The van der Waals surface area contributed by atoms with E-state index in [1.165, 1.54) is 5.56 Å². The second-order valence-corrected chi connectivity index (χ2v) is 11.9. The van der Waals surface area contributed by atoms with Gasteiger partial charge in [0.1, 0.15) is 11.2 Å². The van der Waals surface area contributed by atoms with Crippen LogP contribution in [0, 0.1) is 17.3 Å². The van der Waals surface area contributed by atoms with Crippen LogP contribution in [0.25, 0.3) is 11.1 Å². The van der Waals surface area contributed by atoms with E-state index in [0.717, 1.165) is 55.6 Å². The van der Waals surface area contributed by atoms with Gasteiger partial charge in [-0.15, -0.1) is 0 Å². The van der Waals surface area contributed by atoms with Gasteiger partial charge in [0.2, 0.25) is 5.88 Å². The number of pyridine rings is 1. The number of carbonyl (C=O) groups excluding carboxylic acids is 1. The molecule has 6 rings (SSSR count). The van der Waals surface area contributed by atoms with Crippen molar-refractivity contribution < 1.29 is 14.3 Å². The van der Waals surface area contributed by atoms with E-state index in [1.807, 2.05) is 32.9 Å². The molecular formula is C28H37N3O3. The quantitative estimate of drug-likeness (QED) is 0.679. The van der Waals surface area contributed by atoms with Crippen LogP contribution in [0.3, 0.4) is 0 Å². The number of amides is 1. The van der Waals surface area contributed by atoms with Gasteiger partial charge in [-0.3, -0.25) is 0 Å². The molecule has 182 valence electrons. The van der Waals surface area contributed by atoms with E-state index in [4.69, 9.17) is 15.2 Å². The number of nitrogens with two attached hydrogens (primary N) is 1. The summed E-state index contributed by atoms with van der Waals surface area (Å²) in [5, 5.41) is 0. The standard InChI is InChI=1S/C28H37N3O3/c1-26(2,3)33-24-15-20(8-11-30-24)19-6-7-22-21(14-19)16-27(4,5)28(22,34-25(29)32)23-17-31-12-9-18(23)10-13-31/h6-8,11,14-15,18,23H,9-10,12-13,16-17H2,1-5H3,(H2,29,32)/t23?,28-/m0/s1. The zero-order valence-electron chi connectivity index (χ0n) is 21.1. The van der Waals surface area contributed by atoms with Crippen LogP contribution in [-0.4, -0.2) is 41.2 Å². The van der Waals surface area contributed by atoms with Crippen LogP contribution in [0.5, 0.6) is 5.88 Å². The number of primary amides is 1. The van der Waals surface area contributed by atoms with E-state index in [-0.39, 0.29) is 16.9 Å². The van der Waals surface area contributed by atoms with Gasteiger partial charge in [-0.2, -0.15) is 0 Å². The first-order valence-corrected chi connectivity index (χ1v) is 12.5. The lowest BCUT2D eigenvalue weighted by atomic mass is 9.60. The van der Waals surface area contributed by atoms with E-state index in [2.05, 4.69) is 41.9 Å². The highest BCUT2D eigenvalue weighted by molar-refractivity contribution is 5.69. The third-order valence-corrected chi connectivity index (χ3v) is 8.06. The molecule has 34 heavy (non-hydrogen) atoms. The summed E-state index contributed by atoms with van der Waals surface area (Å²) in [6, 6.07) is 10.6. The van der Waals surface area contributed by atoms with Crippen LogP contribution >= 0.6 is 0 Å². The molecule has 4 heterocycles. The smallest absolute Gasteiger partial charge is 0.405 e. The van der Waals surface area contributed by atoms with E-state index < -0.39 is 11.7 Å². The maximum atomic E-state index is 12.3. The largest absolute Gasteiger partial charge is 0.472 e. The van der Waals surface area contributed by atoms with Crippen LogP contribution in [0.1, 0.15) is 58.6 Å². The maximum Gasteiger partial charge on any atom is 0.405 e. The van der Waals surface area contributed by atoms with E-state index in [0.29, 0.717) is 11.8 Å². The van der Waals surface area contributed by atoms with Crippen molar-refractivity contribution in [3.05, 3.63) is 47.7 Å². The Labute approximate surface area is 202 Å².